The van der Waals surface area contributed by atoms with Gasteiger partial charge in [-0.1, -0.05) is 6.42 Å². The van der Waals surface area contributed by atoms with E-state index in [1.165, 1.54) is 4.90 Å². The Bertz CT molecular complexity index is 392. The van der Waals surface area contributed by atoms with Crippen molar-refractivity contribution < 1.29 is 17.6 Å². The molecule has 0 aromatic carbocycles. The van der Waals surface area contributed by atoms with E-state index in [1.54, 1.807) is 0 Å². The lowest BCUT2D eigenvalue weighted by molar-refractivity contribution is 0.0899. The minimum absolute atomic E-state index is 0.114. The fraction of sp³-hybridized carbons (Fsp3) is 0.900. The topological polar surface area (TPSA) is 66.5 Å². The highest BCUT2D eigenvalue weighted by Gasteiger charge is 2.32. The van der Waals surface area contributed by atoms with Crippen LogP contribution in [-0.2, 0) is 9.84 Å². The molecule has 0 spiro atoms. The number of sulfone groups is 1. The Balaban J connectivity index is 1.79. The van der Waals surface area contributed by atoms with Gasteiger partial charge < -0.3 is 10.2 Å². The molecule has 2 saturated heterocycles. The van der Waals surface area contributed by atoms with Gasteiger partial charge >= 0.3 is 6.03 Å². The van der Waals surface area contributed by atoms with Crippen LogP contribution >= 0.6 is 0 Å². The first-order chi connectivity index (χ1) is 7.99. The lowest BCUT2D eigenvalue weighted by atomic mass is 10.2. The lowest BCUT2D eigenvalue weighted by Gasteiger charge is -2.34. The number of carbonyl (C=O) groups excluding carboxylic acids is 1. The van der Waals surface area contributed by atoms with Crippen LogP contribution in [0, 0.1) is 0 Å². The van der Waals surface area contributed by atoms with Crippen molar-refractivity contribution in [3.63, 3.8) is 0 Å². The summed E-state index contributed by atoms with van der Waals surface area (Å²) in [5.74, 6) is 0.212. The molecule has 0 saturated carbocycles. The van der Waals surface area contributed by atoms with E-state index in [0.717, 1.165) is 6.42 Å². The van der Waals surface area contributed by atoms with Crippen LogP contribution < -0.4 is 5.32 Å². The molecule has 1 N–H and O–H groups in total. The number of amides is 2. The van der Waals surface area contributed by atoms with Gasteiger partial charge in [-0.2, -0.15) is 0 Å². The number of carbonyl (C=O) groups is 1. The van der Waals surface area contributed by atoms with Gasteiger partial charge in [0, 0.05) is 6.54 Å². The van der Waals surface area contributed by atoms with Crippen LogP contribution in [0.15, 0.2) is 0 Å². The van der Waals surface area contributed by atoms with Crippen LogP contribution in [0.2, 0.25) is 0 Å². The molecule has 0 bridgehead atoms. The summed E-state index contributed by atoms with van der Waals surface area (Å²) in [6, 6.07) is -0.361. The Morgan fingerprint density at radius 1 is 1.35 bits per heavy atom. The third kappa shape index (κ3) is 2.88. The molecule has 2 amide bonds. The van der Waals surface area contributed by atoms with Crippen LogP contribution in [0.3, 0.4) is 0 Å². The first-order valence-electron chi connectivity index (χ1n) is 5.87. The number of rotatable bonds is 2. The third-order valence-electron chi connectivity index (χ3n) is 3.32. The summed E-state index contributed by atoms with van der Waals surface area (Å²) in [5, 5.41) is 2.10. The zero-order valence-electron chi connectivity index (χ0n) is 9.56. The number of hydrogen-bond acceptors (Lipinski definition) is 3. The smallest absolute Gasteiger partial charge is 0.317 e. The summed E-state index contributed by atoms with van der Waals surface area (Å²) >= 11 is 0. The van der Waals surface area contributed by atoms with Gasteiger partial charge in [-0.05, 0) is 12.8 Å². The number of alkyl halides is 1. The van der Waals surface area contributed by atoms with E-state index in [2.05, 4.69) is 5.32 Å². The Labute approximate surface area is 100 Å². The molecule has 17 heavy (non-hydrogen) atoms. The molecule has 2 aliphatic rings. The molecule has 0 aliphatic carbocycles. The Morgan fingerprint density at radius 3 is 2.65 bits per heavy atom. The summed E-state index contributed by atoms with van der Waals surface area (Å²) in [4.78, 5) is 12.8. The molecular formula is C10H17FN2O3S. The van der Waals surface area contributed by atoms with E-state index < -0.39 is 21.3 Å². The third-order valence-corrected chi connectivity index (χ3v) is 5.59. The van der Waals surface area contributed by atoms with Gasteiger partial charge in [-0.3, -0.25) is 0 Å². The fourth-order valence-corrected chi connectivity index (χ4v) is 3.96. The van der Waals surface area contributed by atoms with E-state index in [1.807, 2.05) is 0 Å². The van der Waals surface area contributed by atoms with Crippen molar-refractivity contribution in [2.75, 3.05) is 25.4 Å². The zero-order chi connectivity index (χ0) is 12.5. The summed E-state index contributed by atoms with van der Waals surface area (Å²) < 4.78 is 35.9. The summed E-state index contributed by atoms with van der Waals surface area (Å²) in [6.45, 7) is 0.376. The van der Waals surface area contributed by atoms with Gasteiger partial charge in [0.1, 0.15) is 6.17 Å². The molecule has 98 valence electrons. The standard InChI is InChI=1S/C10H17FN2O3S/c11-8-6-13(7-8)10(14)12-5-9-3-1-2-4-17(9,15)16/h8-9H,1-7H2,(H,12,14)/t9-/m1/s1. The second-order valence-electron chi connectivity index (χ2n) is 4.67. The van der Waals surface area contributed by atoms with Crippen molar-refractivity contribution in [1.29, 1.82) is 0 Å². The predicted octanol–water partition coefficient (Wildman–Crippen LogP) is 0.317. The van der Waals surface area contributed by atoms with Crippen LogP contribution in [0.4, 0.5) is 9.18 Å². The second-order valence-corrected chi connectivity index (χ2v) is 7.07. The van der Waals surface area contributed by atoms with Crippen molar-refractivity contribution in [3.8, 4) is 0 Å². The minimum Gasteiger partial charge on any atom is -0.337 e. The van der Waals surface area contributed by atoms with Gasteiger partial charge in [-0.25, -0.2) is 17.6 Å². The highest BCUT2D eigenvalue weighted by molar-refractivity contribution is 7.92. The van der Waals surface area contributed by atoms with Crippen molar-refractivity contribution in [2.24, 2.45) is 0 Å². The average molecular weight is 264 g/mol. The fourth-order valence-electron chi connectivity index (χ4n) is 2.15. The molecule has 0 aromatic rings. The maximum Gasteiger partial charge on any atom is 0.317 e. The van der Waals surface area contributed by atoms with E-state index in [4.69, 9.17) is 0 Å². The summed E-state index contributed by atoms with van der Waals surface area (Å²) in [6.07, 6.45) is 1.27. The summed E-state index contributed by atoms with van der Waals surface area (Å²) in [5.41, 5.74) is 0. The lowest BCUT2D eigenvalue weighted by Crippen LogP contribution is -2.56. The van der Waals surface area contributed by atoms with Crippen LogP contribution in [0.25, 0.3) is 0 Å². The quantitative estimate of drug-likeness (QED) is 0.781. The zero-order valence-corrected chi connectivity index (χ0v) is 10.4. The second kappa shape index (κ2) is 4.80. The Kier molecular flexibility index (Phi) is 3.56. The first kappa shape index (κ1) is 12.6. The highest BCUT2D eigenvalue weighted by Crippen LogP contribution is 2.19. The Morgan fingerprint density at radius 2 is 2.06 bits per heavy atom. The average Bonchev–Trinajstić information content (AvgIpc) is 2.22. The van der Waals surface area contributed by atoms with Gasteiger partial charge in [0.15, 0.2) is 9.84 Å². The maximum absolute atomic E-state index is 12.5. The largest absolute Gasteiger partial charge is 0.337 e. The van der Waals surface area contributed by atoms with Gasteiger partial charge in [0.25, 0.3) is 0 Å². The number of nitrogens with zero attached hydrogens (tertiary/aromatic N) is 1. The number of likely N-dealkylation sites (tertiary alicyclic amines) is 1. The number of nitrogens with one attached hydrogen (secondary N) is 1. The van der Waals surface area contributed by atoms with Crippen molar-refractivity contribution in [1.82, 2.24) is 10.2 Å². The summed E-state index contributed by atoms with van der Waals surface area (Å²) in [7, 11) is -3.05. The van der Waals surface area contributed by atoms with E-state index >= 15 is 0 Å². The maximum atomic E-state index is 12.5. The molecule has 5 nitrogen and oxygen atoms in total. The predicted molar refractivity (Wildman–Crippen MR) is 61.3 cm³/mol. The highest BCUT2D eigenvalue weighted by atomic mass is 32.2. The molecule has 2 aliphatic heterocycles. The van der Waals surface area contributed by atoms with Gasteiger partial charge in [-0.15, -0.1) is 0 Å². The first-order valence-corrected chi connectivity index (χ1v) is 7.59. The normalized spacial score (nSPS) is 28.5. The molecule has 0 radical (unpaired) electrons. The van der Waals surface area contributed by atoms with Gasteiger partial charge in [0.05, 0.1) is 24.1 Å². The van der Waals surface area contributed by atoms with Crippen LogP contribution in [0.1, 0.15) is 19.3 Å². The molecule has 2 fully saturated rings. The Hall–Kier alpha value is -0.850. The molecule has 2 heterocycles. The molecule has 0 aromatic heterocycles. The molecule has 7 heteroatoms. The van der Waals surface area contributed by atoms with Crippen molar-refractivity contribution >= 4 is 15.9 Å². The SMILES string of the molecule is O=C(NC[C@H]1CCCCS1(=O)=O)N1CC(F)C1. The van der Waals surface area contributed by atoms with Crippen LogP contribution in [0.5, 0.6) is 0 Å². The molecular weight excluding hydrogens is 247 g/mol. The van der Waals surface area contributed by atoms with Crippen LogP contribution in [-0.4, -0.2) is 56.2 Å². The molecule has 2 rings (SSSR count). The van der Waals surface area contributed by atoms with Gasteiger partial charge in [0.2, 0.25) is 0 Å². The van der Waals surface area contributed by atoms with E-state index in [-0.39, 0.29) is 31.4 Å². The molecule has 0 unspecified atom stereocenters. The molecule has 1 atom stereocenters. The number of urea groups is 1. The minimum atomic E-state index is -3.05. The van der Waals surface area contributed by atoms with E-state index in [9.17, 15) is 17.6 Å². The number of hydrogen-bond donors (Lipinski definition) is 1. The van der Waals surface area contributed by atoms with Crippen molar-refractivity contribution in [3.05, 3.63) is 0 Å². The van der Waals surface area contributed by atoms with E-state index in [0.29, 0.717) is 12.8 Å². The monoisotopic (exact) mass is 264 g/mol. The number of halogens is 1. The van der Waals surface area contributed by atoms with Crippen molar-refractivity contribution in [2.45, 2.75) is 30.7 Å².